The van der Waals surface area contributed by atoms with E-state index < -0.39 is 17.7 Å². The van der Waals surface area contributed by atoms with Crippen molar-refractivity contribution in [3.63, 3.8) is 0 Å². The molecule has 5 rings (SSSR count). The Bertz CT molecular complexity index is 1440. The van der Waals surface area contributed by atoms with Gasteiger partial charge in [-0.1, -0.05) is 53.8 Å². The summed E-state index contributed by atoms with van der Waals surface area (Å²) in [5, 5.41) is 11.5. The summed E-state index contributed by atoms with van der Waals surface area (Å²) in [7, 11) is 1.58. The van der Waals surface area contributed by atoms with Crippen LogP contribution >= 0.6 is 11.3 Å². The predicted octanol–water partition coefficient (Wildman–Crippen LogP) is 5.33. The number of ketones is 1. The number of benzene rings is 3. The molecule has 176 valence electrons. The molecule has 1 fully saturated rings. The van der Waals surface area contributed by atoms with Gasteiger partial charge in [-0.25, -0.2) is 4.98 Å². The van der Waals surface area contributed by atoms with E-state index in [2.05, 4.69) is 4.98 Å². The second-order valence-corrected chi connectivity index (χ2v) is 8.88. The maximum absolute atomic E-state index is 13.4. The molecule has 3 aromatic carbocycles. The topological polar surface area (TPSA) is 89.0 Å². The van der Waals surface area contributed by atoms with Crippen molar-refractivity contribution in [2.75, 3.05) is 18.6 Å². The monoisotopic (exact) mass is 486 g/mol. The van der Waals surface area contributed by atoms with Gasteiger partial charge in [0.25, 0.3) is 5.78 Å². The number of Topliss-reactive ketones (excluding diaryl/α,β-unsaturated/α-hetero) is 1. The quantitative estimate of drug-likeness (QED) is 0.225. The molecule has 1 amide bonds. The first-order chi connectivity index (χ1) is 17.0. The lowest BCUT2D eigenvalue weighted by Crippen LogP contribution is -2.29. The van der Waals surface area contributed by atoms with E-state index in [9.17, 15) is 14.7 Å². The number of hydrogen-bond donors (Lipinski definition) is 1. The molecule has 1 aliphatic rings. The number of fused-ring (bicyclic) bond motifs is 1. The molecule has 2 heterocycles. The average Bonchev–Trinajstić information content (AvgIpc) is 3.42. The number of aliphatic hydroxyl groups excluding tert-OH is 1. The van der Waals surface area contributed by atoms with Crippen molar-refractivity contribution < 1.29 is 24.2 Å². The molecule has 8 heteroatoms. The first-order valence-corrected chi connectivity index (χ1v) is 11.9. The van der Waals surface area contributed by atoms with E-state index >= 15 is 0 Å². The number of methoxy groups -OCH3 is 1. The molecule has 0 spiro atoms. The molecule has 1 saturated heterocycles. The van der Waals surface area contributed by atoms with Crippen LogP contribution in [-0.4, -0.2) is 35.5 Å². The number of rotatable bonds is 6. The standard InChI is InChI=1S/C27H22N2O5S/c1-3-34-18-11-9-16(10-12-18)23-22(24(30)17-7-5-4-6-8-17)25(31)26(32)29(23)27-28-20-14-13-19(33-2)15-21(20)35-27/h4-15,23,30H,3H2,1-2H3/t23-/m1/s1. The number of hydrogen-bond acceptors (Lipinski definition) is 7. The predicted molar refractivity (Wildman–Crippen MR) is 135 cm³/mol. The number of nitrogens with zero attached hydrogens (tertiary/aromatic N) is 2. The zero-order chi connectivity index (χ0) is 24.5. The van der Waals surface area contributed by atoms with Crippen molar-refractivity contribution in [3.8, 4) is 11.5 Å². The lowest BCUT2D eigenvalue weighted by atomic mass is 9.95. The Labute approximate surface area is 205 Å². The Morgan fingerprint density at radius 3 is 2.43 bits per heavy atom. The second-order valence-electron chi connectivity index (χ2n) is 7.87. The second kappa shape index (κ2) is 9.23. The van der Waals surface area contributed by atoms with Crippen molar-refractivity contribution in [2.24, 2.45) is 0 Å². The molecule has 0 aliphatic carbocycles. The highest BCUT2D eigenvalue weighted by Crippen LogP contribution is 2.44. The molecule has 0 bridgehead atoms. The fraction of sp³-hybridized carbons (Fsp3) is 0.148. The van der Waals surface area contributed by atoms with Gasteiger partial charge >= 0.3 is 5.91 Å². The number of carbonyl (C=O) groups excluding carboxylic acids is 2. The number of carbonyl (C=O) groups is 2. The summed E-state index contributed by atoms with van der Waals surface area (Å²) < 4.78 is 11.7. The van der Waals surface area contributed by atoms with E-state index in [1.165, 1.54) is 16.2 Å². The number of thiazole rings is 1. The van der Waals surface area contributed by atoms with Crippen LogP contribution in [0.4, 0.5) is 5.13 Å². The van der Waals surface area contributed by atoms with Crippen LogP contribution < -0.4 is 14.4 Å². The van der Waals surface area contributed by atoms with Gasteiger partial charge < -0.3 is 14.6 Å². The fourth-order valence-electron chi connectivity index (χ4n) is 4.13. The molecule has 1 N–H and O–H groups in total. The number of anilines is 1. The molecular weight excluding hydrogens is 464 g/mol. The maximum atomic E-state index is 13.4. The van der Waals surface area contributed by atoms with Crippen molar-refractivity contribution in [3.05, 3.63) is 89.5 Å². The molecule has 4 aromatic rings. The number of amides is 1. The molecule has 1 aliphatic heterocycles. The molecule has 0 radical (unpaired) electrons. The van der Waals surface area contributed by atoms with E-state index in [1.54, 1.807) is 67.8 Å². The van der Waals surface area contributed by atoms with Crippen molar-refractivity contribution in [2.45, 2.75) is 13.0 Å². The third kappa shape index (κ3) is 4.02. The Balaban J connectivity index is 1.69. The van der Waals surface area contributed by atoms with Crippen LogP contribution in [0.25, 0.3) is 16.0 Å². The normalized spacial score (nSPS) is 17.2. The summed E-state index contributed by atoms with van der Waals surface area (Å²) in [5.41, 5.74) is 1.81. The van der Waals surface area contributed by atoms with E-state index in [-0.39, 0.29) is 11.3 Å². The Kier molecular flexibility index (Phi) is 5.96. The zero-order valence-corrected chi connectivity index (χ0v) is 19.9. The maximum Gasteiger partial charge on any atom is 0.301 e. The molecular formula is C27H22N2O5S. The first kappa shape index (κ1) is 22.6. The Morgan fingerprint density at radius 1 is 1.03 bits per heavy atom. The fourth-order valence-corrected chi connectivity index (χ4v) is 5.15. The molecule has 35 heavy (non-hydrogen) atoms. The molecule has 1 atom stereocenters. The summed E-state index contributed by atoms with van der Waals surface area (Å²) in [4.78, 5) is 32.6. The highest BCUT2D eigenvalue weighted by Gasteiger charge is 2.48. The van der Waals surface area contributed by atoms with Gasteiger partial charge in [-0.05, 0) is 42.8 Å². The van der Waals surface area contributed by atoms with Crippen LogP contribution in [0.15, 0.2) is 78.4 Å². The lowest BCUT2D eigenvalue weighted by molar-refractivity contribution is -0.132. The van der Waals surface area contributed by atoms with Gasteiger partial charge in [-0.15, -0.1) is 0 Å². The third-order valence-corrected chi connectivity index (χ3v) is 6.81. The summed E-state index contributed by atoms with van der Waals surface area (Å²) >= 11 is 1.28. The molecule has 0 saturated carbocycles. The van der Waals surface area contributed by atoms with Crippen LogP contribution in [0.1, 0.15) is 24.1 Å². The Hall–Kier alpha value is -4.17. The number of aromatic nitrogens is 1. The van der Waals surface area contributed by atoms with Gasteiger partial charge in [0.2, 0.25) is 0 Å². The van der Waals surface area contributed by atoms with Gasteiger partial charge in [-0.3, -0.25) is 14.5 Å². The van der Waals surface area contributed by atoms with Crippen LogP contribution in [0.2, 0.25) is 0 Å². The SMILES string of the molecule is CCOc1ccc([C@@H]2C(=C(O)c3ccccc3)C(=O)C(=O)N2c2nc3ccc(OC)cc3s2)cc1. The first-order valence-electron chi connectivity index (χ1n) is 11.1. The summed E-state index contributed by atoms with van der Waals surface area (Å²) in [6.45, 7) is 2.41. The minimum absolute atomic E-state index is 0.0159. The van der Waals surface area contributed by atoms with Gasteiger partial charge in [0.05, 0.1) is 35.5 Å². The molecule has 7 nitrogen and oxygen atoms in total. The van der Waals surface area contributed by atoms with Crippen LogP contribution in [0.3, 0.4) is 0 Å². The average molecular weight is 487 g/mol. The summed E-state index contributed by atoms with van der Waals surface area (Å²) in [6, 6.07) is 20.5. The minimum atomic E-state index is -0.853. The van der Waals surface area contributed by atoms with E-state index in [4.69, 9.17) is 9.47 Å². The highest BCUT2D eigenvalue weighted by molar-refractivity contribution is 7.22. The van der Waals surface area contributed by atoms with Gasteiger partial charge in [0.1, 0.15) is 17.3 Å². The van der Waals surface area contributed by atoms with Crippen molar-refractivity contribution in [1.29, 1.82) is 0 Å². The van der Waals surface area contributed by atoms with Crippen LogP contribution in [0.5, 0.6) is 11.5 Å². The van der Waals surface area contributed by atoms with Crippen LogP contribution in [0, 0.1) is 0 Å². The van der Waals surface area contributed by atoms with Crippen molar-refractivity contribution >= 4 is 44.1 Å². The minimum Gasteiger partial charge on any atom is -0.507 e. The van der Waals surface area contributed by atoms with Gasteiger partial charge in [0, 0.05) is 5.56 Å². The number of aliphatic hydroxyl groups is 1. The van der Waals surface area contributed by atoms with Crippen LogP contribution in [-0.2, 0) is 9.59 Å². The van der Waals surface area contributed by atoms with Gasteiger partial charge in [0.15, 0.2) is 5.13 Å². The van der Waals surface area contributed by atoms with Crippen molar-refractivity contribution in [1.82, 2.24) is 4.98 Å². The largest absolute Gasteiger partial charge is 0.507 e. The number of ether oxygens (including phenoxy) is 2. The van der Waals surface area contributed by atoms with E-state index in [0.29, 0.717) is 39.9 Å². The third-order valence-electron chi connectivity index (χ3n) is 5.79. The summed E-state index contributed by atoms with van der Waals surface area (Å²) in [6.07, 6.45) is 0. The molecule has 0 unspecified atom stereocenters. The van der Waals surface area contributed by atoms with E-state index in [0.717, 1.165) is 4.70 Å². The molecule has 1 aromatic heterocycles. The van der Waals surface area contributed by atoms with Gasteiger partial charge in [-0.2, -0.15) is 0 Å². The smallest absolute Gasteiger partial charge is 0.301 e. The summed E-state index contributed by atoms with van der Waals surface area (Å²) in [5.74, 6) is -0.396. The lowest BCUT2D eigenvalue weighted by Gasteiger charge is -2.23. The zero-order valence-electron chi connectivity index (χ0n) is 19.1. The Morgan fingerprint density at radius 2 is 1.74 bits per heavy atom. The van der Waals surface area contributed by atoms with E-state index in [1.807, 2.05) is 19.1 Å². The highest BCUT2D eigenvalue weighted by atomic mass is 32.1.